The van der Waals surface area contributed by atoms with E-state index in [2.05, 4.69) is 11.4 Å². The summed E-state index contributed by atoms with van der Waals surface area (Å²) < 4.78 is 5.22. The summed E-state index contributed by atoms with van der Waals surface area (Å²) in [5, 5.41) is 5.22. The molecule has 0 saturated carbocycles. The van der Waals surface area contributed by atoms with Crippen LogP contribution in [0.15, 0.2) is 36.4 Å². The van der Waals surface area contributed by atoms with Gasteiger partial charge in [-0.2, -0.15) is 0 Å². The Bertz CT molecular complexity index is 654. The number of fused-ring (bicyclic) bond motifs is 1. The monoisotopic (exact) mass is 270 g/mol. The van der Waals surface area contributed by atoms with E-state index in [4.69, 9.17) is 10.5 Å². The Kier molecular flexibility index (Phi) is 3.32. The highest BCUT2D eigenvalue weighted by Gasteiger charge is 2.27. The first-order chi connectivity index (χ1) is 9.67. The largest absolute Gasteiger partial charge is 0.497 e. The van der Waals surface area contributed by atoms with Crippen LogP contribution in [0.25, 0.3) is 10.8 Å². The number of nitrogens with one attached hydrogen (secondary N) is 1. The number of benzene rings is 2. The van der Waals surface area contributed by atoms with Crippen LogP contribution in [0.2, 0.25) is 0 Å². The lowest BCUT2D eigenvalue weighted by Crippen LogP contribution is -2.45. The number of carbonyl (C=O) groups is 1. The summed E-state index contributed by atoms with van der Waals surface area (Å²) in [5.41, 5.74) is 7.19. The Morgan fingerprint density at radius 2 is 1.95 bits per heavy atom. The van der Waals surface area contributed by atoms with Crippen LogP contribution in [0.5, 0.6) is 5.75 Å². The van der Waals surface area contributed by atoms with Crippen molar-refractivity contribution in [2.75, 3.05) is 7.11 Å². The average Bonchev–Trinajstić information content (AvgIpc) is 2.48. The maximum atomic E-state index is 11.6. The molecule has 3 rings (SSSR count). The molecule has 1 heterocycles. The van der Waals surface area contributed by atoms with Gasteiger partial charge in [0.25, 0.3) is 0 Å². The van der Waals surface area contributed by atoms with E-state index in [9.17, 15) is 4.79 Å². The van der Waals surface area contributed by atoms with Crippen molar-refractivity contribution in [1.29, 1.82) is 0 Å². The lowest BCUT2D eigenvalue weighted by atomic mass is 9.91. The molecular formula is C16H18N2O2. The fraction of sp³-hybridized carbons (Fsp3) is 0.312. The maximum Gasteiger partial charge on any atom is 0.220 e. The number of hydrogen-bond donors (Lipinski definition) is 2. The zero-order valence-electron chi connectivity index (χ0n) is 11.4. The summed E-state index contributed by atoms with van der Waals surface area (Å²) in [6.45, 7) is 0. The molecular weight excluding hydrogens is 252 g/mol. The summed E-state index contributed by atoms with van der Waals surface area (Å²) in [7, 11) is 1.66. The molecule has 0 spiro atoms. The first-order valence-electron chi connectivity index (χ1n) is 6.80. The van der Waals surface area contributed by atoms with Gasteiger partial charge in [-0.1, -0.05) is 18.2 Å². The van der Waals surface area contributed by atoms with E-state index < -0.39 is 0 Å². The molecule has 2 unspecified atom stereocenters. The van der Waals surface area contributed by atoms with Gasteiger partial charge in [-0.25, -0.2) is 0 Å². The minimum Gasteiger partial charge on any atom is -0.497 e. The molecule has 3 N–H and O–H groups in total. The van der Waals surface area contributed by atoms with Crippen molar-refractivity contribution in [3.63, 3.8) is 0 Å². The van der Waals surface area contributed by atoms with Crippen molar-refractivity contribution >= 4 is 16.7 Å². The zero-order valence-corrected chi connectivity index (χ0v) is 11.4. The molecule has 2 aromatic rings. The van der Waals surface area contributed by atoms with Gasteiger partial charge in [-0.15, -0.1) is 0 Å². The van der Waals surface area contributed by atoms with Crippen LogP contribution in [-0.4, -0.2) is 19.1 Å². The normalized spacial score (nSPS) is 22.6. The van der Waals surface area contributed by atoms with Crippen molar-refractivity contribution in [3.05, 3.63) is 42.0 Å². The number of hydrogen-bond acceptors (Lipinski definition) is 3. The van der Waals surface area contributed by atoms with Gasteiger partial charge >= 0.3 is 0 Å². The van der Waals surface area contributed by atoms with Crippen LogP contribution in [-0.2, 0) is 4.79 Å². The number of ether oxygens (including phenoxy) is 1. The molecule has 1 saturated heterocycles. The minimum atomic E-state index is -0.0947. The lowest BCUT2D eigenvalue weighted by molar-refractivity contribution is -0.123. The highest BCUT2D eigenvalue weighted by molar-refractivity contribution is 5.85. The van der Waals surface area contributed by atoms with E-state index in [1.807, 2.05) is 30.3 Å². The van der Waals surface area contributed by atoms with Gasteiger partial charge < -0.3 is 15.8 Å². The molecule has 1 fully saturated rings. The summed E-state index contributed by atoms with van der Waals surface area (Å²) >= 11 is 0. The highest BCUT2D eigenvalue weighted by Crippen LogP contribution is 2.27. The predicted molar refractivity (Wildman–Crippen MR) is 78.6 cm³/mol. The van der Waals surface area contributed by atoms with Gasteiger partial charge in [0.15, 0.2) is 0 Å². The Morgan fingerprint density at radius 3 is 2.75 bits per heavy atom. The van der Waals surface area contributed by atoms with Gasteiger partial charge in [0, 0.05) is 12.5 Å². The van der Waals surface area contributed by atoms with Crippen LogP contribution in [0.4, 0.5) is 0 Å². The number of methoxy groups -OCH3 is 1. The molecule has 0 radical (unpaired) electrons. The molecule has 0 aliphatic carbocycles. The fourth-order valence-electron chi connectivity index (χ4n) is 2.71. The zero-order chi connectivity index (χ0) is 14.1. The minimum absolute atomic E-state index is 0.0246. The third kappa shape index (κ3) is 2.34. The van der Waals surface area contributed by atoms with E-state index in [1.54, 1.807) is 7.11 Å². The van der Waals surface area contributed by atoms with Gasteiger partial charge in [0.1, 0.15) is 5.75 Å². The predicted octanol–water partition coefficient (Wildman–Crippen LogP) is 2.13. The highest BCUT2D eigenvalue weighted by atomic mass is 16.5. The molecule has 1 aliphatic rings. The second-order valence-corrected chi connectivity index (χ2v) is 5.22. The van der Waals surface area contributed by atoms with Crippen LogP contribution < -0.4 is 15.8 Å². The van der Waals surface area contributed by atoms with E-state index in [1.165, 1.54) is 0 Å². The Morgan fingerprint density at radius 1 is 1.20 bits per heavy atom. The fourth-order valence-corrected chi connectivity index (χ4v) is 2.71. The third-order valence-corrected chi connectivity index (χ3v) is 3.88. The molecule has 1 amide bonds. The number of rotatable bonds is 2. The van der Waals surface area contributed by atoms with E-state index in [-0.39, 0.29) is 18.0 Å². The van der Waals surface area contributed by atoms with E-state index >= 15 is 0 Å². The SMILES string of the molecule is COc1ccc2cc(C3NC(=O)CCC3N)ccc2c1. The maximum absolute atomic E-state index is 11.6. The van der Waals surface area contributed by atoms with Gasteiger partial charge in [-0.3, -0.25) is 4.79 Å². The number of piperidine rings is 1. The molecule has 4 heteroatoms. The van der Waals surface area contributed by atoms with Crippen molar-refractivity contribution in [2.24, 2.45) is 5.73 Å². The summed E-state index contributed by atoms with van der Waals surface area (Å²) in [4.78, 5) is 11.6. The molecule has 104 valence electrons. The lowest BCUT2D eigenvalue weighted by Gasteiger charge is -2.30. The van der Waals surface area contributed by atoms with Crippen molar-refractivity contribution in [3.8, 4) is 5.75 Å². The number of amides is 1. The molecule has 0 bridgehead atoms. The summed E-state index contributed by atoms with van der Waals surface area (Å²) in [6.07, 6.45) is 1.25. The topological polar surface area (TPSA) is 64.3 Å². The van der Waals surface area contributed by atoms with Crippen molar-refractivity contribution < 1.29 is 9.53 Å². The van der Waals surface area contributed by atoms with Crippen LogP contribution in [0.1, 0.15) is 24.4 Å². The Labute approximate surface area is 117 Å². The van der Waals surface area contributed by atoms with Gasteiger partial charge in [0.2, 0.25) is 5.91 Å². The molecule has 0 aromatic heterocycles. The quantitative estimate of drug-likeness (QED) is 0.878. The molecule has 20 heavy (non-hydrogen) atoms. The van der Waals surface area contributed by atoms with Crippen molar-refractivity contribution in [2.45, 2.75) is 24.9 Å². The summed E-state index contributed by atoms with van der Waals surface area (Å²) in [5.74, 6) is 0.916. The van der Waals surface area contributed by atoms with Crippen LogP contribution >= 0.6 is 0 Å². The third-order valence-electron chi connectivity index (χ3n) is 3.88. The average molecular weight is 270 g/mol. The summed E-state index contributed by atoms with van der Waals surface area (Å²) in [6, 6.07) is 12.0. The van der Waals surface area contributed by atoms with Gasteiger partial charge in [0.05, 0.1) is 13.2 Å². The van der Waals surface area contributed by atoms with E-state index in [0.717, 1.165) is 28.5 Å². The van der Waals surface area contributed by atoms with Gasteiger partial charge in [-0.05, 0) is 41.0 Å². The smallest absolute Gasteiger partial charge is 0.220 e. The second kappa shape index (κ2) is 5.13. The van der Waals surface area contributed by atoms with E-state index in [0.29, 0.717) is 6.42 Å². The second-order valence-electron chi connectivity index (χ2n) is 5.22. The molecule has 2 atom stereocenters. The molecule has 4 nitrogen and oxygen atoms in total. The molecule has 2 aromatic carbocycles. The number of nitrogens with two attached hydrogens (primary N) is 1. The first-order valence-corrected chi connectivity index (χ1v) is 6.80. The Balaban J connectivity index is 1.98. The Hall–Kier alpha value is -2.07. The number of carbonyl (C=O) groups excluding carboxylic acids is 1. The van der Waals surface area contributed by atoms with Crippen LogP contribution in [0, 0.1) is 0 Å². The van der Waals surface area contributed by atoms with Crippen LogP contribution in [0.3, 0.4) is 0 Å². The standard InChI is InChI=1S/C16H18N2O2/c1-20-13-5-4-10-8-12(3-2-11(10)9-13)16-14(17)6-7-15(19)18-16/h2-5,8-9,14,16H,6-7,17H2,1H3,(H,18,19). The first kappa shape index (κ1) is 12.9. The molecule has 1 aliphatic heterocycles. The van der Waals surface area contributed by atoms with Crippen molar-refractivity contribution in [1.82, 2.24) is 5.32 Å².